The molecule has 0 spiro atoms. The van der Waals surface area contributed by atoms with Gasteiger partial charge >= 0.3 is 0 Å². The largest absolute Gasteiger partial charge is 0.462 e. The number of hydrogen-bond donors (Lipinski definition) is 0. The number of tetrazole rings is 1. The average Bonchev–Trinajstić information content (AvgIpc) is 3.30. The maximum atomic E-state index is 5.34. The molecule has 0 aliphatic heterocycles. The minimum atomic E-state index is 0.483. The van der Waals surface area contributed by atoms with E-state index in [1.165, 1.54) is 11.3 Å². The third-order valence-electron chi connectivity index (χ3n) is 3.07. The molecule has 0 radical (unpaired) electrons. The molecule has 1 aromatic carbocycles. The summed E-state index contributed by atoms with van der Waals surface area (Å²) in [4.78, 5) is 6.07. The Bertz CT molecular complexity index is 866. The van der Waals surface area contributed by atoms with Crippen molar-refractivity contribution in [2.24, 2.45) is 0 Å². The van der Waals surface area contributed by atoms with Gasteiger partial charge in [0.25, 0.3) is 0 Å². The van der Waals surface area contributed by atoms with Crippen molar-refractivity contribution in [3.8, 4) is 22.2 Å². The molecule has 22 heavy (non-hydrogen) atoms. The molecule has 6 nitrogen and oxygen atoms in total. The van der Waals surface area contributed by atoms with Crippen molar-refractivity contribution in [2.75, 3.05) is 0 Å². The van der Waals surface area contributed by atoms with Gasteiger partial charge < -0.3 is 4.42 Å². The van der Waals surface area contributed by atoms with E-state index < -0.39 is 0 Å². The van der Waals surface area contributed by atoms with E-state index in [9.17, 15) is 0 Å². The van der Waals surface area contributed by atoms with Crippen LogP contribution in [0.3, 0.4) is 0 Å². The van der Waals surface area contributed by atoms with Crippen molar-refractivity contribution in [1.29, 1.82) is 0 Å². The lowest BCUT2D eigenvalue weighted by molar-refractivity contribution is 0.564. The monoisotopic (exact) mass is 309 g/mol. The van der Waals surface area contributed by atoms with Crippen molar-refractivity contribution in [2.45, 2.75) is 6.54 Å². The molecule has 108 valence electrons. The Labute approximate surface area is 130 Å². The van der Waals surface area contributed by atoms with E-state index >= 15 is 0 Å². The summed E-state index contributed by atoms with van der Waals surface area (Å²) in [6, 6.07) is 13.5. The number of hydrogen-bond acceptors (Lipinski definition) is 6. The fourth-order valence-electron chi connectivity index (χ4n) is 2.05. The second-order valence-corrected chi connectivity index (χ2v) is 5.49. The Morgan fingerprint density at radius 3 is 2.82 bits per heavy atom. The predicted molar refractivity (Wildman–Crippen MR) is 82.2 cm³/mol. The highest BCUT2D eigenvalue weighted by molar-refractivity contribution is 7.13. The predicted octanol–water partition coefficient (Wildman–Crippen LogP) is 3.10. The molecule has 7 heteroatoms. The van der Waals surface area contributed by atoms with Crippen molar-refractivity contribution in [3.05, 3.63) is 59.8 Å². The van der Waals surface area contributed by atoms with Gasteiger partial charge in [-0.3, -0.25) is 0 Å². The molecule has 0 atom stereocenters. The first-order chi connectivity index (χ1) is 10.9. The lowest BCUT2D eigenvalue weighted by Crippen LogP contribution is -2.04. The summed E-state index contributed by atoms with van der Waals surface area (Å²) < 4.78 is 5.34. The zero-order valence-electron chi connectivity index (χ0n) is 11.5. The van der Waals surface area contributed by atoms with Gasteiger partial charge in [-0.15, -0.1) is 21.5 Å². The molecule has 0 unspecified atom stereocenters. The Kier molecular flexibility index (Phi) is 3.24. The van der Waals surface area contributed by atoms with Crippen LogP contribution in [0.25, 0.3) is 22.2 Å². The summed E-state index contributed by atoms with van der Waals surface area (Å²) in [6.45, 7) is 0.483. The molecular weight excluding hydrogens is 298 g/mol. The van der Waals surface area contributed by atoms with E-state index in [1.54, 1.807) is 11.1 Å². The molecule has 3 heterocycles. The molecule has 0 aliphatic carbocycles. The van der Waals surface area contributed by atoms with Crippen molar-refractivity contribution >= 4 is 11.3 Å². The lowest BCUT2D eigenvalue weighted by Gasteiger charge is -1.94. The highest BCUT2D eigenvalue weighted by Crippen LogP contribution is 2.24. The average molecular weight is 309 g/mol. The molecular formula is C15H11N5OS. The van der Waals surface area contributed by atoms with Crippen LogP contribution in [-0.2, 0) is 6.54 Å². The molecule has 0 fully saturated rings. The maximum absolute atomic E-state index is 5.34. The normalized spacial score (nSPS) is 10.9. The summed E-state index contributed by atoms with van der Waals surface area (Å²) in [5, 5.41) is 15.4. The summed E-state index contributed by atoms with van der Waals surface area (Å²) in [5.74, 6) is 1.38. The van der Waals surface area contributed by atoms with E-state index in [0.29, 0.717) is 12.4 Å². The van der Waals surface area contributed by atoms with E-state index in [2.05, 4.69) is 20.4 Å². The highest BCUT2D eigenvalue weighted by Gasteiger charge is 2.10. The van der Waals surface area contributed by atoms with Gasteiger partial charge in [-0.05, 0) is 17.3 Å². The van der Waals surface area contributed by atoms with Gasteiger partial charge in [-0.1, -0.05) is 30.3 Å². The van der Waals surface area contributed by atoms with Crippen molar-refractivity contribution in [1.82, 2.24) is 25.2 Å². The third-order valence-corrected chi connectivity index (χ3v) is 3.98. The zero-order valence-corrected chi connectivity index (χ0v) is 12.3. The molecule has 0 N–H and O–H groups in total. The lowest BCUT2D eigenvalue weighted by atomic mass is 10.2. The highest BCUT2D eigenvalue weighted by atomic mass is 32.1. The number of aromatic nitrogens is 5. The van der Waals surface area contributed by atoms with Crippen LogP contribution in [0.5, 0.6) is 0 Å². The van der Waals surface area contributed by atoms with Crippen molar-refractivity contribution < 1.29 is 4.42 Å². The Hall–Kier alpha value is -2.80. The van der Waals surface area contributed by atoms with Gasteiger partial charge in [0.1, 0.15) is 6.54 Å². The van der Waals surface area contributed by atoms with Crippen molar-refractivity contribution in [3.63, 3.8) is 0 Å². The van der Waals surface area contributed by atoms with Crippen LogP contribution >= 0.6 is 11.3 Å². The minimum absolute atomic E-state index is 0.483. The van der Waals surface area contributed by atoms with Gasteiger partial charge in [-0.2, -0.15) is 4.80 Å². The molecule has 4 rings (SSSR count). The Morgan fingerprint density at radius 2 is 2.00 bits per heavy atom. The molecule has 0 saturated carbocycles. The first kappa shape index (κ1) is 12.9. The van der Waals surface area contributed by atoms with Crippen LogP contribution in [-0.4, -0.2) is 25.2 Å². The van der Waals surface area contributed by atoms with Crippen LogP contribution in [0.2, 0.25) is 0 Å². The smallest absolute Gasteiger partial charge is 0.204 e. The topological polar surface area (TPSA) is 69.6 Å². The first-order valence-corrected chi connectivity index (χ1v) is 7.58. The molecule has 4 aromatic rings. The Morgan fingerprint density at radius 1 is 1.09 bits per heavy atom. The standard InChI is InChI=1S/C15H11N5OS/c1-2-5-11(6-3-1)14-17-19-20(18-14)9-12-10-22-15(16-12)13-7-4-8-21-13/h1-8,10H,9H2. The van der Waals surface area contributed by atoms with Gasteiger partial charge in [0, 0.05) is 10.9 Å². The molecule has 0 saturated heterocycles. The minimum Gasteiger partial charge on any atom is -0.462 e. The van der Waals surface area contributed by atoms with Gasteiger partial charge in [0.15, 0.2) is 10.8 Å². The quantitative estimate of drug-likeness (QED) is 0.579. The van der Waals surface area contributed by atoms with E-state index in [0.717, 1.165) is 22.0 Å². The number of thiazole rings is 1. The molecule has 0 bridgehead atoms. The SMILES string of the molecule is c1ccc(-c2nnn(Cc3csc(-c4ccco4)n3)n2)cc1. The van der Waals surface area contributed by atoms with E-state index in [1.807, 2.05) is 47.8 Å². The fraction of sp³-hybridized carbons (Fsp3) is 0.0667. The summed E-state index contributed by atoms with van der Waals surface area (Å²) >= 11 is 1.54. The van der Waals surface area contributed by atoms with Gasteiger partial charge in [-0.25, -0.2) is 4.98 Å². The third kappa shape index (κ3) is 2.53. The summed E-state index contributed by atoms with van der Waals surface area (Å²) in [7, 11) is 0. The number of nitrogens with zero attached hydrogens (tertiary/aromatic N) is 5. The second-order valence-electron chi connectivity index (χ2n) is 4.63. The molecule has 0 aliphatic rings. The molecule has 0 amide bonds. The summed E-state index contributed by atoms with van der Waals surface area (Å²) in [5.41, 5.74) is 1.83. The van der Waals surface area contributed by atoms with Gasteiger partial charge in [0.2, 0.25) is 5.82 Å². The van der Waals surface area contributed by atoms with Crippen LogP contribution in [0, 0.1) is 0 Å². The number of benzene rings is 1. The maximum Gasteiger partial charge on any atom is 0.204 e. The number of furan rings is 1. The zero-order chi connectivity index (χ0) is 14.8. The van der Waals surface area contributed by atoms with Crippen LogP contribution in [0.15, 0.2) is 58.5 Å². The fourth-order valence-corrected chi connectivity index (χ4v) is 2.83. The number of rotatable bonds is 4. The first-order valence-electron chi connectivity index (χ1n) is 6.70. The second kappa shape index (κ2) is 5.53. The van der Waals surface area contributed by atoms with E-state index in [4.69, 9.17) is 4.42 Å². The van der Waals surface area contributed by atoms with E-state index in [-0.39, 0.29) is 0 Å². The van der Waals surface area contributed by atoms with Crippen LogP contribution < -0.4 is 0 Å². The van der Waals surface area contributed by atoms with Crippen LogP contribution in [0.4, 0.5) is 0 Å². The van der Waals surface area contributed by atoms with Crippen LogP contribution in [0.1, 0.15) is 5.69 Å². The molecule has 3 aromatic heterocycles. The van der Waals surface area contributed by atoms with Gasteiger partial charge in [0.05, 0.1) is 12.0 Å². The summed E-state index contributed by atoms with van der Waals surface area (Å²) in [6.07, 6.45) is 1.64. The Balaban J connectivity index is 1.54.